The van der Waals surface area contributed by atoms with Crippen molar-refractivity contribution in [2.24, 2.45) is 0 Å². The number of rotatable bonds is 10. The first-order valence-electron chi connectivity index (χ1n) is 12.7. The van der Waals surface area contributed by atoms with Crippen molar-refractivity contribution < 1.29 is 28.0 Å². The summed E-state index contributed by atoms with van der Waals surface area (Å²) in [7, 11) is 3.53. The highest BCUT2D eigenvalue weighted by atomic mass is 35.5. The van der Waals surface area contributed by atoms with Crippen molar-refractivity contribution in [3.63, 3.8) is 0 Å². The molecule has 0 saturated heterocycles. The monoisotopic (exact) mass is 630 g/mol. The molecule has 0 bridgehead atoms. The molecule has 0 aliphatic rings. The first-order chi connectivity index (χ1) is 20.5. The van der Waals surface area contributed by atoms with Gasteiger partial charge in [0.25, 0.3) is 11.6 Å². The Labute approximate surface area is 253 Å². The number of non-ortho nitro benzene ring substituents is 1. The quantitative estimate of drug-likeness (QED) is 0.155. The summed E-state index contributed by atoms with van der Waals surface area (Å²) < 4.78 is 34.8. The van der Waals surface area contributed by atoms with Gasteiger partial charge in [-0.05, 0) is 68.5 Å². The lowest BCUT2D eigenvalue weighted by Crippen LogP contribution is -2.33. The van der Waals surface area contributed by atoms with Gasteiger partial charge in [-0.3, -0.25) is 19.8 Å². The van der Waals surface area contributed by atoms with Crippen LogP contribution in [0.2, 0.25) is 5.15 Å². The Kier molecular flexibility index (Phi) is 9.95. The molecule has 2 heterocycles. The molecule has 0 radical (unpaired) electrons. The van der Waals surface area contributed by atoms with Crippen LogP contribution in [0, 0.1) is 21.7 Å². The second kappa shape index (κ2) is 13.6. The molecule has 224 valence electrons. The summed E-state index contributed by atoms with van der Waals surface area (Å²) in [6, 6.07) is 11.8. The molecule has 0 aliphatic carbocycles. The van der Waals surface area contributed by atoms with Crippen LogP contribution >= 0.6 is 22.9 Å². The van der Waals surface area contributed by atoms with E-state index in [1.807, 2.05) is 0 Å². The Bertz CT molecular complexity index is 1630. The predicted molar refractivity (Wildman–Crippen MR) is 158 cm³/mol. The van der Waals surface area contributed by atoms with Crippen LogP contribution in [0.5, 0.6) is 0 Å². The van der Waals surface area contributed by atoms with E-state index in [-0.39, 0.29) is 40.4 Å². The normalized spacial score (nSPS) is 11.0. The molecule has 43 heavy (non-hydrogen) atoms. The van der Waals surface area contributed by atoms with Gasteiger partial charge in [0.1, 0.15) is 16.6 Å². The van der Waals surface area contributed by atoms with E-state index in [0.29, 0.717) is 16.0 Å². The molecule has 0 saturated carbocycles. The largest absolute Gasteiger partial charge is 0.449 e. The van der Waals surface area contributed by atoms with Crippen LogP contribution in [0.1, 0.15) is 28.4 Å². The Hall–Kier alpha value is -4.53. The molecule has 4 aromatic rings. The fourth-order valence-electron chi connectivity index (χ4n) is 4.13. The van der Waals surface area contributed by atoms with E-state index in [2.05, 4.69) is 15.5 Å². The highest BCUT2D eigenvalue weighted by molar-refractivity contribution is 7.20. The number of benzene rings is 2. The average molecular weight is 631 g/mol. The number of hydrogen-bond acceptors (Lipinski definition) is 9. The van der Waals surface area contributed by atoms with Crippen molar-refractivity contribution >= 4 is 51.4 Å². The zero-order valence-corrected chi connectivity index (χ0v) is 24.7. The second-order valence-electron chi connectivity index (χ2n) is 9.31. The Morgan fingerprint density at radius 3 is 2.26 bits per heavy atom. The number of thiophene rings is 1. The van der Waals surface area contributed by atoms with E-state index in [1.165, 1.54) is 42.5 Å². The average Bonchev–Trinajstić information content (AvgIpc) is 3.32. The van der Waals surface area contributed by atoms with Crippen molar-refractivity contribution in [2.45, 2.75) is 20.0 Å². The molecule has 0 fully saturated rings. The lowest BCUT2D eigenvalue weighted by atomic mass is 10.0. The van der Waals surface area contributed by atoms with Crippen LogP contribution in [-0.4, -0.2) is 52.7 Å². The standard InChI is InChI=1S/C28H25ClF2N6O5S/c1-4-42-28(39)36(15-18-20(30)6-5-7-21(18)31)27-24(26(38)32-23-13-12-22(29)33-34-23)19(14-35(2)3)25(43-27)16-8-10-17(11-9-16)37(40)41/h5-13H,4,14-15H2,1-3H3,(H,32,34,38). The molecule has 2 aromatic heterocycles. The van der Waals surface area contributed by atoms with E-state index in [0.717, 1.165) is 28.4 Å². The van der Waals surface area contributed by atoms with Crippen molar-refractivity contribution in [3.05, 3.63) is 98.2 Å². The molecule has 2 aromatic carbocycles. The lowest BCUT2D eigenvalue weighted by Gasteiger charge is -2.23. The summed E-state index contributed by atoms with van der Waals surface area (Å²) in [5, 5.41) is 21.6. The number of anilines is 2. The third kappa shape index (κ3) is 7.28. The molecular weight excluding hydrogens is 606 g/mol. The van der Waals surface area contributed by atoms with E-state index in [1.54, 1.807) is 25.9 Å². The highest BCUT2D eigenvalue weighted by Gasteiger charge is 2.33. The van der Waals surface area contributed by atoms with Crippen LogP contribution in [0.25, 0.3) is 10.4 Å². The van der Waals surface area contributed by atoms with Gasteiger partial charge in [-0.15, -0.1) is 21.5 Å². The summed E-state index contributed by atoms with van der Waals surface area (Å²) in [6.07, 6.45) is -0.946. The van der Waals surface area contributed by atoms with Gasteiger partial charge < -0.3 is 15.0 Å². The molecular formula is C28H25ClF2N6O5S. The minimum atomic E-state index is -0.946. The topological polar surface area (TPSA) is 131 Å². The highest BCUT2D eigenvalue weighted by Crippen LogP contribution is 2.44. The molecule has 1 N–H and O–H groups in total. The zero-order valence-electron chi connectivity index (χ0n) is 23.1. The number of nitro benzene ring substituents is 1. The van der Waals surface area contributed by atoms with Gasteiger partial charge in [-0.2, -0.15) is 0 Å². The van der Waals surface area contributed by atoms with Crippen molar-refractivity contribution in [1.82, 2.24) is 15.1 Å². The lowest BCUT2D eigenvalue weighted by molar-refractivity contribution is -0.384. The summed E-state index contributed by atoms with van der Waals surface area (Å²) in [6.45, 7) is 1.10. The van der Waals surface area contributed by atoms with Gasteiger partial charge in [0.15, 0.2) is 11.0 Å². The minimum Gasteiger partial charge on any atom is -0.449 e. The fraction of sp³-hybridized carbons (Fsp3) is 0.214. The summed E-state index contributed by atoms with van der Waals surface area (Å²) in [4.78, 5) is 41.3. The smallest absolute Gasteiger partial charge is 0.415 e. The van der Waals surface area contributed by atoms with Crippen molar-refractivity contribution in [2.75, 3.05) is 30.9 Å². The third-order valence-corrected chi connectivity index (χ3v) is 7.52. The van der Waals surface area contributed by atoms with Crippen molar-refractivity contribution in [1.29, 1.82) is 0 Å². The minimum absolute atomic E-state index is 0.00797. The fourth-order valence-corrected chi connectivity index (χ4v) is 5.54. The molecule has 11 nitrogen and oxygen atoms in total. The van der Waals surface area contributed by atoms with E-state index < -0.39 is 40.7 Å². The SMILES string of the molecule is CCOC(=O)N(Cc1c(F)cccc1F)c1sc(-c2ccc([N+](=O)[O-])cc2)c(CN(C)C)c1C(=O)Nc1ccc(Cl)nn1. The maximum absolute atomic E-state index is 14.8. The van der Waals surface area contributed by atoms with Crippen molar-refractivity contribution in [3.8, 4) is 10.4 Å². The second-order valence-corrected chi connectivity index (χ2v) is 10.7. The van der Waals surface area contributed by atoms with Crippen LogP contribution < -0.4 is 10.2 Å². The molecule has 15 heteroatoms. The number of nitrogens with zero attached hydrogens (tertiary/aromatic N) is 5. The third-order valence-electron chi connectivity index (χ3n) is 6.02. The van der Waals surface area contributed by atoms with E-state index in [4.69, 9.17) is 16.3 Å². The summed E-state index contributed by atoms with van der Waals surface area (Å²) >= 11 is 6.83. The predicted octanol–water partition coefficient (Wildman–Crippen LogP) is 6.52. The van der Waals surface area contributed by atoms with Gasteiger partial charge in [0, 0.05) is 29.1 Å². The van der Waals surface area contributed by atoms with Crippen LogP contribution in [-0.2, 0) is 17.8 Å². The molecule has 0 spiro atoms. The van der Waals surface area contributed by atoms with E-state index in [9.17, 15) is 28.5 Å². The van der Waals surface area contributed by atoms with Gasteiger partial charge in [0.05, 0.1) is 23.6 Å². The van der Waals surface area contributed by atoms with Gasteiger partial charge >= 0.3 is 6.09 Å². The molecule has 4 rings (SSSR count). The first kappa shape index (κ1) is 31.4. The molecule has 0 aliphatic heterocycles. The zero-order chi connectivity index (χ0) is 31.3. The molecule has 2 amide bonds. The van der Waals surface area contributed by atoms with E-state index >= 15 is 0 Å². The number of carbonyl (C=O) groups is 2. The number of amides is 2. The van der Waals surface area contributed by atoms with Crippen LogP contribution in [0.15, 0.2) is 54.6 Å². The summed E-state index contributed by atoms with van der Waals surface area (Å²) in [5.41, 5.74) is 0.414. The number of ether oxygens (including phenoxy) is 1. The van der Waals surface area contributed by atoms with Gasteiger partial charge in [-0.25, -0.2) is 13.6 Å². The Morgan fingerprint density at radius 2 is 1.70 bits per heavy atom. The Morgan fingerprint density at radius 1 is 1.02 bits per heavy atom. The Balaban J connectivity index is 1.96. The number of nitro groups is 1. The summed E-state index contributed by atoms with van der Waals surface area (Å²) in [5.74, 6) is -2.42. The number of hydrogen-bond donors (Lipinski definition) is 1. The molecule has 0 unspecified atom stereocenters. The number of aromatic nitrogens is 2. The molecule has 0 atom stereocenters. The number of halogens is 3. The maximum atomic E-state index is 14.8. The number of nitrogens with one attached hydrogen (secondary N) is 1. The van der Waals surface area contributed by atoms with Gasteiger partial charge in [-0.1, -0.05) is 17.7 Å². The van der Waals surface area contributed by atoms with Crippen LogP contribution in [0.4, 0.5) is 30.1 Å². The van der Waals surface area contributed by atoms with Gasteiger partial charge in [0.2, 0.25) is 0 Å². The first-order valence-corrected chi connectivity index (χ1v) is 13.9. The number of carbonyl (C=O) groups excluding carboxylic acids is 2. The maximum Gasteiger partial charge on any atom is 0.415 e. The van der Waals surface area contributed by atoms with Crippen LogP contribution in [0.3, 0.4) is 0 Å².